The summed E-state index contributed by atoms with van der Waals surface area (Å²) in [5.74, 6) is 1.13. The highest BCUT2D eigenvalue weighted by atomic mass is 127. The summed E-state index contributed by atoms with van der Waals surface area (Å²) >= 11 is 5.98. The molecule has 0 amide bonds. The second-order valence-electron chi connectivity index (χ2n) is 5.43. The Morgan fingerprint density at radius 2 is 2.08 bits per heavy atom. The van der Waals surface area contributed by atoms with Crippen LogP contribution in [-0.2, 0) is 12.1 Å². The Balaban J connectivity index is 0.00000288. The number of hydrogen-bond acceptors (Lipinski definition) is 3. The Bertz CT molecular complexity index is 645. The maximum Gasteiger partial charge on any atom is 0.191 e. The lowest BCUT2D eigenvalue weighted by Gasteiger charge is -2.22. The molecule has 1 atom stereocenters. The zero-order valence-corrected chi connectivity index (χ0v) is 16.8. The van der Waals surface area contributed by atoms with Gasteiger partial charge in [0.2, 0.25) is 0 Å². The van der Waals surface area contributed by atoms with E-state index in [1.807, 2.05) is 31.2 Å². The summed E-state index contributed by atoms with van der Waals surface area (Å²) in [6.45, 7) is 5.19. The van der Waals surface area contributed by atoms with Crippen molar-refractivity contribution < 1.29 is 9.52 Å². The zero-order chi connectivity index (χ0) is 16.7. The largest absolute Gasteiger partial charge is 0.466 e. The quantitative estimate of drug-likeness (QED) is 0.348. The van der Waals surface area contributed by atoms with E-state index in [0.29, 0.717) is 23.3 Å². The van der Waals surface area contributed by atoms with Gasteiger partial charge in [0.15, 0.2) is 5.96 Å². The van der Waals surface area contributed by atoms with Gasteiger partial charge in [-0.05, 0) is 43.7 Å². The summed E-state index contributed by atoms with van der Waals surface area (Å²) in [6, 6.07) is 11.1. The number of rotatable bonds is 6. The molecule has 0 spiro atoms. The highest BCUT2D eigenvalue weighted by Gasteiger charge is 2.26. The first kappa shape index (κ1) is 20.8. The predicted molar refractivity (Wildman–Crippen MR) is 108 cm³/mol. The third-order valence-corrected chi connectivity index (χ3v) is 3.54. The van der Waals surface area contributed by atoms with Crippen LogP contribution >= 0.6 is 35.6 Å². The van der Waals surface area contributed by atoms with E-state index >= 15 is 0 Å². The molecule has 0 aliphatic carbocycles. The summed E-state index contributed by atoms with van der Waals surface area (Å²) < 4.78 is 5.27. The standard InChI is InChI=1S/C17H22ClN3O2.HI/c1-3-19-16(20-11-13-6-4-7-14(18)10-13)21-12-17(2,22)15-8-5-9-23-15;/h4-10,22H,3,11-12H2,1-2H3,(H2,19,20,21);1H. The Morgan fingerprint density at radius 1 is 1.29 bits per heavy atom. The van der Waals surface area contributed by atoms with E-state index in [4.69, 9.17) is 16.0 Å². The van der Waals surface area contributed by atoms with Gasteiger partial charge in [-0.3, -0.25) is 0 Å². The van der Waals surface area contributed by atoms with Gasteiger partial charge in [0.1, 0.15) is 11.4 Å². The number of benzene rings is 1. The average molecular weight is 464 g/mol. The van der Waals surface area contributed by atoms with Crippen LogP contribution in [0, 0.1) is 0 Å². The molecule has 2 aromatic rings. The van der Waals surface area contributed by atoms with Crippen molar-refractivity contribution in [2.24, 2.45) is 4.99 Å². The van der Waals surface area contributed by atoms with Gasteiger partial charge < -0.3 is 20.2 Å². The number of furan rings is 1. The van der Waals surface area contributed by atoms with Gasteiger partial charge >= 0.3 is 0 Å². The van der Waals surface area contributed by atoms with Gasteiger partial charge in [-0.2, -0.15) is 0 Å². The number of halogens is 2. The van der Waals surface area contributed by atoms with Gasteiger partial charge in [-0.25, -0.2) is 4.99 Å². The number of hydrogen-bond donors (Lipinski definition) is 3. The Hall–Kier alpha value is -1.25. The number of guanidine groups is 1. The lowest BCUT2D eigenvalue weighted by molar-refractivity contribution is 0.0386. The molecule has 3 N–H and O–H groups in total. The van der Waals surface area contributed by atoms with E-state index in [-0.39, 0.29) is 30.5 Å². The molecule has 132 valence electrons. The molecule has 0 fully saturated rings. The first-order valence-electron chi connectivity index (χ1n) is 7.54. The van der Waals surface area contributed by atoms with Crippen LogP contribution in [0.1, 0.15) is 25.2 Å². The van der Waals surface area contributed by atoms with Crippen LogP contribution in [-0.4, -0.2) is 24.2 Å². The molecule has 1 aromatic carbocycles. The fourth-order valence-electron chi connectivity index (χ4n) is 2.08. The second-order valence-corrected chi connectivity index (χ2v) is 5.87. The highest BCUT2D eigenvalue weighted by Crippen LogP contribution is 2.19. The van der Waals surface area contributed by atoms with Gasteiger partial charge in [0.25, 0.3) is 0 Å². The molecule has 0 radical (unpaired) electrons. The van der Waals surface area contributed by atoms with E-state index < -0.39 is 5.60 Å². The summed E-state index contributed by atoms with van der Waals surface area (Å²) in [4.78, 5) is 4.50. The molecule has 0 saturated carbocycles. The lowest BCUT2D eigenvalue weighted by Crippen LogP contribution is -2.44. The molecule has 0 aliphatic rings. The van der Waals surface area contributed by atoms with E-state index in [2.05, 4.69) is 15.6 Å². The van der Waals surface area contributed by atoms with Gasteiger partial charge in [-0.15, -0.1) is 24.0 Å². The number of aliphatic imine (C=N–C) groups is 1. The van der Waals surface area contributed by atoms with Gasteiger partial charge in [-0.1, -0.05) is 23.7 Å². The molecule has 1 heterocycles. The highest BCUT2D eigenvalue weighted by molar-refractivity contribution is 14.0. The summed E-state index contributed by atoms with van der Waals surface area (Å²) in [5, 5.41) is 17.4. The van der Waals surface area contributed by atoms with Crippen molar-refractivity contribution in [1.29, 1.82) is 0 Å². The topological polar surface area (TPSA) is 69.8 Å². The maximum atomic E-state index is 10.5. The maximum absolute atomic E-state index is 10.5. The minimum absolute atomic E-state index is 0. The number of aliphatic hydroxyl groups is 1. The summed E-state index contributed by atoms with van der Waals surface area (Å²) in [5.41, 5.74) is -0.0945. The van der Waals surface area contributed by atoms with E-state index in [1.54, 1.807) is 25.3 Å². The van der Waals surface area contributed by atoms with Crippen LogP contribution in [0.3, 0.4) is 0 Å². The Morgan fingerprint density at radius 3 is 2.71 bits per heavy atom. The van der Waals surface area contributed by atoms with Crippen LogP contribution in [0.4, 0.5) is 0 Å². The second kappa shape index (κ2) is 9.90. The number of nitrogens with zero attached hydrogens (tertiary/aromatic N) is 1. The molecular weight excluding hydrogens is 441 g/mol. The SMILES string of the molecule is CCNC(=NCc1cccc(Cl)c1)NCC(C)(O)c1ccco1.I. The minimum atomic E-state index is -1.12. The van der Waals surface area contributed by atoms with E-state index in [1.165, 1.54) is 0 Å². The van der Waals surface area contributed by atoms with Crippen LogP contribution in [0.15, 0.2) is 52.1 Å². The fraction of sp³-hybridized carbons (Fsp3) is 0.353. The van der Waals surface area contributed by atoms with Crippen molar-refractivity contribution in [1.82, 2.24) is 10.6 Å². The molecule has 2 rings (SSSR count). The third kappa shape index (κ3) is 6.33. The van der Waals surface area contributed by atoms with Crippen molar-refractivity contribution in [3.63, 3.8) is 0 Å². The molecule has 1 aromatic heterocycles. The molecule has 0 saturated heterocycles. The average Bonchev–Trinajstić information content (AvgIpc) is 3.05. The number of nitrogens with one attached hydrogen (secondary N) is 2. The molecule has 24 heavy (non-hydrogen) atoms. The molecular formula is C17H23ClIN3O2. The summed E-state index contributed by atoms with van der Waals surface area (Å²) in [7, 11) is 0. The monoisotopic (exact) mass is 463 g/mol. The smallest absolute Gasteiger partial charge is 0.191 e. The minimum Gasteiger partial charge on any atom is -0.466 e. The van der Waals surface area contributed by atoms with E-state index in [9.17, 15) is 5.11 Å². The Labute approximate surface area is 164 Å². The molecule has 5 nitrogen and oxygen atoms in total. The van der Waals surface area contributed by atoms with Crippen LogP contribution < -0.4 is 10.6 Å². The first-order valence-corrected chi connectivity index (χ1v) is 7.92. The summed E-state index contributed by atoms with van der Waals surface area (Å²) in [6.07, 6.45) is 1.54. The van der Waals surface area contributed by atoms with Crippen LogP contribution in [0.5, 0.6) is 0 Å². The fourth-order valence-corrected chi connectivity index (χ4v) is 2.29. The van der Waals surface area contributed by atoms with Crippen LogP contribution in [0.25, 0.3) is 0 Å². The normalized spacial score (nSPS) is 13.8. The van der Waals surface area contributed by atoms with Crippen molar-refractivity contribution in [2.75, 3.05) is 13.1 Å². The zero-order valence-electron chi connectivity index (χ0n) is 13.8. The molecule has 0 bridgehead atoms. The third-order valence-electron chi connectivity index (χ3n) is 3.31. The molecule has 1 unspecified atom stereocenters. The van der Waals surface area contributed by atoms with Crippen molar-refractivity contribution in [3.8, 4) is 0 Å². The molecule has 0 aliphatic heterocycles. The first-order chi connectivity index (χ1) is 11.0. The van der Waals surface area contributed by atoms with Crippen molar-refractivity contribution in [2.45, 2.75) is 26.0 Å². The van der Waals surface area contributed by atoms with Gasteiger partial charge in [0.05, 0.1) is 19.4 Å². The Kier molecular flexibility index (Phi) is 8.58. The predicted octanol–water partition coefficient (Wildman–Crippen LogP) is 3.51. The molecule has 7 heteroatoms. The van der Waals surface area contributed by atoms with Gasteiger partial charge in [0, 0.05) is 11.6 Å². The van der Waals surface area contributed by atoms with Crippen molar-refractivity contribution >= 4 is 41.5 Å². The van der Waals surface area contributed by atoms with Crippen LogP contribution in [0.2, 0.25) is 5.02 Å². The van der Waals surface area contributed by atoms with E-state index in [0.717, 1.165) is 12.1 Å². The van der Waals surface area contributed by atoms with Crippen molar-refractivity contribution in [3.05, 3.63) is 59.0 Å². The lowest BCUT2D eigenvalue weighted by atomic mass is 10.0.